The summed E-state index contributed by atoms with van der Waals surface area (Å²) in [6.45, 7) is 0.654. The van der Waals surface area contributed by atoms with Crippen LogP contribution in [0, 0.1) is 0 Å². The molecule has 0 aliphatic carbocycles. The van der Waals surface area contributed by atoms with Crippen molar-refractivity contribution >= 4 is 12.3 Å². The van der Waals surface area contributed by atoms with E-state index >= 15 is 0 Å². The molecule has 1 N–H and O–H groups in total. The van der Waals surface area contributed by atoms with Gasteiger partial charge in [0.1, 0.15) is 6.04 Å². The van der Waals surface area contributed by atoms with E-state index in [1.54, 1.807) is 13.5 Å². The molecule has 4 nitrogen and oxygen atoms in total. The number of amides is 2. The first-order valence-corrected chi connectivity index (χ1v) is 4.15. The molecule has 4 heteroatoms. The van der Waals surface area contributed by atoms with Crippen LogP contribution < -0.4 is 5.32 Å². The van der Waals surface area contributed by atoms with Crippen molar-refractivity contribution in [3.05, 3.63) is 0 Å². The van der Waals surface area contributed by atoms with E-state index in [1.165, 1.54) is 4.90 Å². The molecular formula is C8H13N2O2. The number of likely N-dealkylation sites (N-methyl/N-ethyl adjacent to an activating group) is 1. The largest absolute Gasteiger partial charge is 0.357 e. The van der Waals surface area contributed by atoms with Crippen LogP contribution >= 0.6 is 0 Å². The van der Waals surface area contributed by atoms with Crippen LogP contribution in [-0.4, -0.2) is 36.9 Å². The van der Waals surface area contributed by atoms with E-state index in [0.717, 1.165) is 19.3 Å². The predicted octanol–water partition coefficient (Wildman–Crippen LogP) is -0.346. The van der Waals surface area contributed by atoms with Gasteiger partial charge in [0.25, 0.3) is 0 Å². The number of nitrogens with one attached hydrogen (secondary N) is 1. The Morgan fingerprint density at radius 1 is 1.58 bits per heavy atom. The fourth-order valence-corrected chi connectivity index (χ4v) is 1.48. The monoisotopic (exact) mass is 169 g/mol. The van der Waals surface area contributed by atoms with Gasteiger partial charge >= 0.3 is 6.41 Å². The maximum Gasteiger partial charge on any atom is 0.312 e. The molecule has 1 rings (SSSR count). The zero-order valence-electron chi connectivity index (χ0n) is 7.17. The third kappa shape index (κ3) is 1.75. The first-order valence-electron chi connectivity index (χ1n) is 4.15. The first-order chi connectivity index (χ1) is 5.79. The number of piperidine rings is 1. The number of nitrogens with zero attached hydrogens (tertiary/aromatic N) is 1. The summed E-state index contributed by atoms with van der Waals surface area (Å²) in [5.74, 6) is -0.0851. The highest BCUT2D eigenvalue weighted by Gasteiger charge is 2.26. The summed E-state index contributed by atoms with van der Waals surface area (Å²) in [5.41, 5.74) is 0. The Kier molecular flexibility index (Phi) is 3.08. The van der Waals surface area contributed by atoms with E-state index in [1.807, 2.05) is 0 Å². The minimum Gasteiger partial charge on any atom is -0.357 e. The zero-order valence-corrected chi connectivity index (χ0v) is 7.17. The second-order valence-corrected chi connectivity index (χ2v) is 2.91. The average Bonchev–Trinajstić information content (AvgIpc) is 2.16. The molecule has 1 aliphatic rings. The van der Waals surface area contributed by atoms with Gasteiger partial charge in [0.2, 0.25) is 5.91 Å². The summed E-state index contributed by atoms with van der Waals surface area (Å²) < 4.78 is 0. The lowest BCUT2D eigenvalue weighted by atomic mass is 10.0. The lowest BCUT2D eigenvalue weighted by Gasteiger charge is -2.30. The number of hydrogen-bond donors (Lipinski definition) is 1. The highest BCUT2D eigenvalue weighted by molar-refractivity contribution is 5.83. The Bertz CT molecular complexity index is 182. The molecule has 1 radical (unpaired) electrons. The Hall–Kier alpha value is -1.06. The van der Waals surface area contributed by atoms with Gasteiger partial charge in [0.15, 0.2) is 0 Å². The van der Waals surface area contributed by atoms with Crippen molar-refractivity contribution in [2.75, 3.05) is 13.6 Å². The molecule has 0 aromatic carbocycles. The van der Waals surface area contributed by atoms with Gasteiger partial charge in [0.05, 0.1) is 0 Å². The average molecular weight is 169 g/mol. The van der Waals surface area contributed by atoms with E-state index < -0.39 is 0 Å². The minimum atomic E-state index is -0.291. The van der Waals surface area contributed by atoms with Crippen LogP contribution in [0.25, 0.3) is 0 Å². The number of carbonyl (C=O) groups excluding carboxylic acids is 2. The summed E-state index contributed by atoms with van der Waals surface area (Å²) >= 11 is 0. The lowest BCUT2D eigenvalue weighted by molar-refractivity contribution is -0.125. The van der Waals surface area contributed by atoms with Gasteiger partial charge in [-0.15, -0.1) is 0 Å². The predicted molar refractivity (Wildman–Crippen MR) is 44.1 cm³/mol. The van der Waals surface area contributed by atoms with E-state index in [2.05, 4.69) is 5.32 Å². The van der Waals surface area contributed by atoms with Crippen LogP contribution in [-0.2, 0) is 9.59 Å². The molecule has 0 aromatic rings. The molecule has 1 unspecified atom stereocenters. The fraction of sp³-hybridized carbons (Fsp3) is 0.750. The van der Waals surface area contributed by atoms with Crippen LogP contribution in [0.15, 0.2) is 0 Å². The second kappa shape index (κ2) is 4.09. The standard InChI is InChI=1S/C8H13N2O2/c1-9-8(12)7-4-2-3-5-10(7)6-11/h7H,2-5H2,1H3,(H,9,12). The summed E-state index contributed by atoms with van der Waals surface area (Å²) in [6, 6.07) is -0.291. The molecule has 0 bridgehead atoms. The second-order valence-electron chi connectivity index (χ2n) is 2.91. The molecule has 67 valence electrons. The first kappa shape index (κ1) is 9.03. The molecule has 1 atom stereocenters. The van der Waals surface area contributed by atoms with Crippen molar-refractivity contribution in [3.63, 3.8) is 0 Å². The van der Waals surface area contributed by atoms with Crippen LogP contribution in [0.1, 0.15) is 19.3 Å². The van der Waals surface area contributed by atoms with Gasteiger partial charge in [0, 0.05) is 13.6 Å². The van der Waals surface area contributed by atoms with Crippen LogP contribution in [0.3, 0.4) is 0 Å². The van der Waals surface area contributed by atoms with Gasteiger partial charge in [-0.1, -0.05) is 0 Å². The van der Waals surface area contributed by atoms with Gasteiger partial charge in [-0.05, 0) is 19.3 Å². The van der Waals surface area contributed by atoms with Crippen molar-refractivity contribution < 1.29 is 9.59 Å². The number of hydrogen-bond acceptors (Lipinski definition) is 2. The van der Waals surface area contributed by atoms with Gasteiger partial charge in [-0.2, -0.15) is 0 Å². The molecule has 12 heavy (non-hydrogen) atoms. The molecule has 1 saturated heterocycles. The topological polar surface area (TPSA) is 49.4 Å². The highest BCUT2D eigenvalue weighted by atomic mass is 16.2. The molecule has 0 saturated carbocycles. The Morgan fingerprint density at radius 3 is 2.92 bits per heavy atom. The summed E-state index contributed by atoms with van der Waals surface area (Å²) in [6.07, 6.45) is 4.54. The third-order valence-corrected chi connectivity index (χ3v) is 2.17. The summed E-state index contributed by atoms with van der Waals surface area (Å²) in [4.78, 5) is 23.1. The molecule has 1 aliphatic heterocycles. The molecule has 0 aromatic heterocycles. The highest BCUT2D eigenvalue weighted by Crippen LogP contribution is 2.14. The van der Waals surface area contributed by atoms with E-state index in [-0.39, 0.29) is 11.9 Å². The molecule has 1 heterocycles. The Morgan fingerprint density at radius 2 is 2.33 bits per heavy atom. The van der Waals surface area contributed by atoms with Crippen molar-refractivity contribution in [2.45, 2.75) is 25.3 Å². The van der Waals surface area contributed by atoms with Crippen molar-refractivity contribution in [1.29, 1.82) is 0 Å². The van der Waals surface area contributed by atoms with Crippen molar-refractivity contribution in [1.82, 2.24) is 10.2 Å². The number of carbonyl (C=O) groups is 1. The van der Waals surface area contributed by atoms with Crippen LogP contribution in [0.4, 0.5) is 0 Å². The normalized spacial score (nSPS) is 23.4. The molecule has 0 spiro atoms. The van der Waals surface area contributed by atoms with E-state index in [9.17, 15) is 9.59 Å². The van der Waals surface area contributed by atoms with Crippen molar-refractivity contribution in [2.24, 2.45) is 0 Å². The maximum absolute atomic E-state index is 11.2. The minimum absolute atomic E-state index is 0.0851. The number of likely N-dealkylation sites (tertiary alicyclic amines) is 1. The third-order valence-electron chi connectivity index (χ3n) is 2.17. The smallest absolute Gasteiger partial charge is 0.312 e. The van der Waals surface area contributed by atoms with E-state index in [0.29, 0.717) is 6.54 Å². The quantitative estimate of drug-likeness (QED) is 0.614. The Labute approximate surface area is 71.9 Å². The van der Waals surface area contributed by atoms with Gasteiger partial charge < -0.3 is 10.2 Å². The molecule has 1 fully saturated rings. The fourth-order valence-electron chi connectivity index (χ4n) is 1.48. The summed E-state index contributed by atoms with van der Waals surface area (Å²) in [5, 5.41) is 2.54. The number of rotatable bonds is 2. The van der Waals surface area contributed by atoms with E-state index in [4.69, 9.17) is 0 Å². The lowest BCUT2D eigenvalue weighted by Crippen LogP contribution is -2.47. The zero-order chi connectivity index (χ0) is 8.97. The summed E-state index contributed by atoms with van der Waals surface area (Å²) in [7, 11) is 1.58. The SMILES string of the molecule is CNC(=O)C1CCCCN1[C]=O. The van der Waals surface area contributed by atoms with Gasteiger partial charge in [-0.3, -0.25) is 9.59 Å². The van der Waals surface area contributed by atoms with Crippen molar-refractivity contribution in [3.8, 4) is 0 Å². The van der Waals surface area contributed by atoms with Crippen LogP contribution in [0.5, 0.6) is 0 Å². The van der Waals surface area contributed by atoms with Gasteiger partial charge in [-0.25, -0.2) is 0 Å². The Balaban J connectivity index is 2.58. The molecule has 2 amide bonds. The van der Waals surface area contributed by atoms with Crippen LogP contribution in [0.2, 0.25) is 0 Å². The maximum atomic E-state index is 11.2. The molecular weight excluding hydrogens is 156 g/mol.